The number of amides is 1. The molecule has 9 heteroatoms. The van der Waals surface area contributed by atoms with Crippen molar-refractivity contribution in [2.75, 3.05) is 26.7 Å². The first kappa shape index (κ1) is 33.1. The third-order valence-electron chi connectivity index (χ3n) is 12.0. The molecule has 256 valence electrons. The fraction of sp³-hybridized carbons (Fsp3) is 0.513. The fourth-order valence-electron chi connectivity index (χ4n) is 10.2. The number of methoxy groups -OCH3 is 1. The second-order valence-electron chi connectivity index (χ2n) is 14.9. The molecule has 2 saturated heterocycles. The predicted molar refractivity (Wildman–Crippen MR) is 177 cm³/mol. The molecule has 3 aliphatic carbocycles. The number of ether oxygens (including phenoxy) is 2. The molecule has 1 saturated carbocycles. The topological polar surface area (TPSA) is 67.8 Å². The van der Waals surface area contributed by atoms with Crippen molar-refractivity contribution in [3.05, 3.63) is 101 Å². The van der Waals surface area contributed by atoms with Gasteiger partial charge in [-0.3, -0.25) is 4.79 Å². The number of hydrogen-bond donors (Lipinski definition) is 2. The number of halogens is 3. The highest BCUT2D eigenvalue weighted by atomic mass is 19.4. The minimum absolute atomic E-state index is 0.101. The van der Waals surface area contributed by atoms with Crippen molar-refractivity contribution in [3.8, 4) is 0 Å². The van der Waals surface area contributed by atoms with Gasteiger partial charge in [0, 0.05) is 49.2 Å². The molecule has 1 spiro atoms. The van der Waals surface area contributed by atoms with Gasteiger partial charge in [0.1, 0.15) is 11.9 Å². The van der Waals surface area contributed by atoms with Crippen molar-refractivity contribution >= 4 is 11.7 Å². The molecule has 2 heterocycles. The van der Waals surface area contributed by atoms with Crippen LogP contribution in [0.15, 0.2) is 89.5 Å². The number of aliphatic hydroxyl groups excluding tert-OH is 1. The van der Waals surface area contributed by atoms with Crippen LogP contribution < -0.4 is 5.32 Å². The lowest BCUT2D eigenvalue weighted by molar-refractivity contribution is -0.965. The van der Waals surface area contributed by atoms with Crippen LogP contribution in [0.5, 0.6) is 0 Å². The van der Waals surface area contributed by atoms with Crippen molar-refractivity contribution in [2.24, 2.45) is 17.3 Å². The molecule has 5 aliphatic rings. The number of aliphatic hydroxyl groups is 1. The van der Waals surface area contributed by atoms with Crippen molar-refractivity contribution in [3.63, 3.8) is 0 Å². The van der Waals surface area contributed by atoms with Gasteiger partial charge in [0.25, 0.3) is 5.91 Å². The molecule has 7 rings (SSSR count). The maximum absolute atomic E-state index is 14.4. The number of allylic oxidation sites excluding steroid dienone is 1. The van der Waals surface area contributed by atoms with Gasteiger partial charge in [-0.2, -0.15) is 13.2 Å². The molecular formula is C39H46F3N2O4+. The van der Waals surface area contributed by atoms with Gasteiger partial charge in [-0.1, -0.05) is 87.0 Å². The zero-order valence-corrected chi connectivity index (χ0v) is 27.9. The van der Waals surface area contributed by atoms with E-state index in [-0.39, 0.29) is 17.1 Å². The van der Waals surface area contributed by atoms with E-state index in [0.29, 0.717) is 17.9 Å². The van der Waals surface area contributed by atoms with Crippen LogP contribution in [-0.2, 0) is 20.7 Å². The Bertz CT molecular complexity index is 1640. The van der Waals surface area contributed by atoms with E-state index in [1.807, 2.05) is 6.08 Å². The Kier molecular flexibility index (Phi) is 8.40. The minimum Gasteiger partial charge on any atom is -0.506 e. The van der Waals surface area contributed by atoms with Gasteiger partial charge >= 0.3 is 6.18 Å². The standard InChI is InChI=1S/C39H45F3N2O4/c1-25(2)24-44(21-18-26-11-6-4-7-12-26)22-20-37-29-15-10-16-31(37)48-35-32(37)28(23-30(29)44)17-19-38(35,47-3)43-36(46)33(39(40,41)42)34(45)27-13-8-5-9-14-27/h4-9,11-14,17,19,25,29-31,35H,10,15-16,18,20-24H2,1-3H3,(H-,43,45,46)/p+1/t29-,30+,31-,35?,37+,38?,44?/m0/s1. The summed E-state index contributed by atoms with van der Waals surface area (Å²) >= 11 is 0. The van der Waals surface area contributed by atoms with Crippen LogP contribution in [0.2, 0.25) is 0 Å². The summed E-state index contributed by atoms with van der Waals surface area (Å²) in [6.45, 7) is 7.80. The maximum Gasteiger partial charge on any atom is 0.425 e. The number of benzene rings is 2. The molecule has 0 aromatic heterocycles. The number of nitrogens with zero attached hydrogens (tertiary/aromatic N) is 1. The first-order valence-corrected chi connectivity index (χ1v) is 17.4. The molecule has 3 unspecified atom stereocenters. The van der Waals surface area contributed by atoms with E-state index in [1.54, 1.807) is 12.1 Å². The normalized spacial score (nSPS) is 34.1. The lowest BCUT2D eigenvalue weighted by Crippen LogP contribution is -2.71. The molecule has 2 aliphatic heterocycles. The maximum atomic E-state index is 14.4. The van der Waals surface area contributed by atoms with Gasteiger partial charge in [0.15, 0.2) is 11.3 Å². The van der Waals surface area contributed by atoms with Gasteiger partial charge in [-0.25, -0.2) is 0 Å². The SMILES string of the molecule is COC1(NC(=O)C(=C(O)c2ccccc2)C(F)(F)F)C=CC2=C3C1O[C@H]1CCC[C@H]4[C@@H](C2)[N+](CCc2ccccc2)(CC(C)C)CC[C@]314. The second-order valence-corrected chi connectivity index (χ2v) is 14.9. The highest BCUT2D eigenvalue weighted by Crippen LogP contribution is 2.67. The van der Waals surface area contributed by atoms with Crippen LogP contribution in [-0.4, -0.2) is 72.4 Å². The molecule has 0 radical (unpaired) electrons. The van der Waals surface area contributed by atoms with E-state index in [9.17, 15) is 23.1 Å². The van der Waals surface area contributed by atoms with Crippen molar-refractivity contribution in [1.29, 1.82) is 0 Å². The fourth-order valence-corrected chi connectivity index (χ4v) is 10.2. The summed E-state index contributed by atoms with van der Waals surface area (Å²) in [6.07, 6.45) is 3.44. The van der Waals surface area contributed by atoms with Crippen LogP contribution in [0.1, 0.15) is 57.1 Å². The average molecular weight is 664 g/mol. The summed E-state index contributed by atoms with van der Waals surface area (Å²) in [5.41, 5.74) is -0.0476. The summed E-state index contributed by atoms with van der Waals surface area (Å²) in [7, 11) is 1.39. The van der Waals surface area contributed by atoms with Crippen LogP contribution in [0, 0.1) is 17.3 Å². The first-order chi connectivity index (χ1) is 22.9. The average Bonchev–Trinajstić information content (AvgIpc) is 3.41. The zero-order valence-electron chi connectivity index (χ0n) is 27.9. The van der Waals surface area contributed by atoms with Crippen molar-refractivity contribution < 1.29 is 37.0 Å². The monoisotopic (exact) mass is 663 g/mol. The summed E-state index contributed by atoms with van der Waals surface area (Å²) in [4.78, 5) is 13.7. The van der Waals surface area contributed by atoms with E-state index in [1.165, 1.54) is 42.5 Å². The van der Waals surface area contributed by atoms with E-state index < -0.39 is 35.2 Å². The van der Waals surface area contributed by atoms with Crippen LogP contribution in [0.25, 0.3) is 5.76 Å². The molecule has 7 atom stereocenters. The lowest BCUT2D eigenvalue weighted by atomic mass is 9.50. The quantitative estimate of drug-likeness (QED) is 0.128. The number of quaternary nitrogens is 1. The molecule has 2 aromatic carbocycles. The number of hydrogen-bond acceptors (Lipinski definition) is 4. The molecule has 2 bridgehead atoms. The number of rotatable bonds is 9. The second kappa shape index (κ2) is 12.2. The minimum atomic E-state index is -5.12. The zero-order chi connectivity index (χ0) is 33.9. The third kappa shape index (κ3) is 5.24. The highest BCUT2D eigenvalue weighted by Gasteiger charge is 2.71. The van der Waals surface area contributed by atoms with E-state index >= 15 is 0 Å². The Balaban J connectivity index is 1.26. The first-order valence-electron chi connectivity index (χ1n) is 17.4. The van der Waals surface area contributed by atoms with Crippen LogP contribution in [0.4, 0.5) is 13.2 Å². The molecule has 2 N–H and O–H groups in total. The van der Waals surface area contributed by atoms with E-state index in [4.69, 9.17) is 9.47 Å². The predicted octanol–water partition coefficient (Wildman–Crippen LogP) is 7.29. The number of carbonyl (C=O) groups excluding carboxylic acids is 1. The number of alkyl halides is 3. The largest absolute Gasteiger partial charge is 0.506 e. The van der Waals surface area contributed by atoms with Gasteiger partial charge in [-0.05, 0) is 35.6 Å². The van der Waals surface area contributed by atoms with Gasteiger partial charge < -0.3 is 24.4 Å². The number of carbonyl (C=O) groups is 1. The Morgan fingerprint density at radius 2 is 1.81 bits per heavy atom. The van der Waals surface area contributed by atoms with Gasteiger partial charge in [0.2, 0.25) is 0 Å². The number of nitrogens with one attached hydrogen (secondary N) is 1. The molecule has 3 fully saturated rings. The van der Waals surface area contributed by atoms with Gasteiger partial charge in [0.05, 0.1) is 31.8 Å². The molecular weight excluding hydrogens is 617 g/mol. The summed E-state index contributed by atoms with van der Waals surface area (Å²) in [6, 6.07) is 18.4. The van der Waals surface area contributed by atoms with Crippen molar-refractivity contribution in [2.45, 2.75) is 82.5 Å². The summed E-state index contributed by atoms with van der Waals surface area (Å²) < 4.78 is 57.3. The Morgan fingerprint density at radius 3 is 2.48 bits per heavy atom. The Morgan fingerprint density at radius 1 is 1.10 bits per heavy atom. The number of likely N-dealkylation sites (tertiary alicyclic amines) is 1. The number of piperidine rings is 1. The smallest absolute Gasteiger partial charge is 0.425 e. The Hall–Kier alpha value is -3.40. The lowest BCUT2D eigenvalue weighted by Gasteiger charge is -2.63. The highest BCUT2D eigenvalue weighted by molar-refractivity contribution is 6.01. The molecule has 48 heavy (non-hydrogen) atoms. The Labute approximate surface area is 280 Å². The molecule has 6 nitrogen and oxygen atoms in total. The van der Waals surface area contributed by atoms with Gasteiger partial charge in [-0.15, -0.1) is 0 Å². The van der Waals surface area contributed by atoms with Crippen molar-refractivity contribution in [1.82, 2.24) is 5.32 Å². The summed E-state index contributed by atoms with van der Waals surface area (Å²) in [5.74, 6) is -1.70. The van der Waals surface area contributed by atoms with E-state index in [2.05, 4.69) is 49.5 Å². The molecule has 1 amide bonds. The third-order valence-corrected chi connectivity index (χ3v) is 12.0. The molecule has 2 aromatic rings. The van der Waals surface area contributed by atoms with E-state index in [0.717, 1.165) is 68.2 Å². The summed E-state index contributed by atoms with van der Waals surface area (Å²) in [5, 5.41) is 13.3. The van der Waals surface area contributed by atoms with Crippen LogP contribution in [0.3, 0.4) is 0 Å². The van der Waals surface area contributed by atoms with Crippen LogP contribution >= 0.6 is 0 Å².